The first-order chi connectivity index (χ1) is 9.33. The predicted molar refractivity (Wildman–Crippen MR) is 75.2 cm³/mol. The van der Waals surface area contributed by atoms with Crippen molar-refractivity contribution in [3.63, 3.8) is 0 Å². The van der Waals surface area contributed by atoms with E-state index in [0.717, 1.165) is 28.7 Å². The standard InChI is InChI=1S/C14H19N5/c1-19(11-4-9-6-15-7-10(9)5-11)14-12-2-3-16-13(12)17-8-18-14/h2-3,8-11,15H,4-7H2,1H3,(H,16,17,18)/t9-,10?,11+/m1/s1. The van der Waals surface area contributed by atoms with E-state index in [1.54, 1.807) is 6.33 Å². The molecule has 100 valence electrons. The van der Waals surface area contributed by atoms with Gasteiger partial charge in [-0.1, -0.05) is 0 Å². The van der Waals surface area contributed by atoms with Gasteiger partial charge in [-0.3, -0.25) is 0 Å². The van der Waals surface area contributed by atoms with Gasteiger partial charge in [0, 0.05) is 19.3 Å². The van der Waals surface area contributed by atoms with E-state index in [9.17, 15) is 0 Å². The maximum Gasteiger partial charge on any atom is 0.142 e. The summed E-state index contributed by atoms with van der Waals surface area (Å²) in [5.74, 6) is 2.77. The van der Waals surface area contributed by atoms with Gasteiger partial charge in [-0.15, -0.1) is 0 Å². The number of rotatable bonds is 2. The van der Waals surface area contributed by atoms with Crippen LogP contribution in [0.1, 0.15) is 12.8 Å². The SMILES string of the molecule is CN(c1ncnc2[nH]ccc12)[C@@H]1CC2CNC[C@H]2C1. The average Bonchev–Trinajstić information content (AvgIpc) is 3.11. The lowest BCUT2D eigenvalue weighted by atomic mass is 10.0. The lowest BCUT2D eigenvalue weighted by Crippen LogP contribution is -2.31. The van der Waals surface area contributed by atoms with Crippen molar-refractivity contribution in [2.24, 2.45) is 11.8 Å². The lowest BCUT2D eigenvalue weighted by Gasteiger charge is -2.26. The third-order valence-corrected chi connectivity index (χ3v) is 4.84. The number of hydrogen-bond acceptors (Lipinski definition) is 4. The van der Waals surface area contributed by atoms with E-state index in [4.69, 9.17) is 0 Å². The monoisotopic (exact) mass is 257 g/mol. The van der Waals surface area contributed by atoms with Gasteiger partial charge >= 0.3 is 0 Å². The molecule has 4 rings (SSSR count). The Labute approximate surface area is 112 Å². The fraction of sp³-hybridized carbons (Fsp3) is 0.571. The van der Waals surface area contributed by atoms with Crippen molar-refractivity contribution in [3.8, 4) is 0 Å². The summed E-state index contributed by atoms with van der Waals surface area (Å²) in [7, 11) is 2.17. The smallest absolute Gasteiger partial charge is 0.142 e. The molecule has 5 heteroatoms. The highest BCUT2D eigenvalue weighted by Gasteiger charge is 2.39. The number of anilines is 1. The molecule has 19 heavy (non-hydrogen) atoms. The molecule has 2 aromatic heterocycles. The molecule has 2 aromatic rings. The molecule has 0 amide bonds. The molecule has 3 heterocycles. The molecular formula is C14H19N5. The molecule has 1 saturated heterocycles. The topological polar surface area (TPSA) is 56.8 Å². The molecule has 5 nitrogen and oxygen atoms in total. The van der Waals surface area contributed by atoms with Gasteiger partial charge in [-0.05, 0) is 43.8 Å². The van der Waals surface area contributed by atoms with Crippen molar-refractivity contribution >= 4 is 16.9 Å². The van der Waals surface area contributed by atoms with Gasteiger partial charge in [0.25, 0.3) is 0 Å². The minimum atomic E-state index is 0.616. The highest BCUT2D eigenvalue weighted by Crippen LogP contribution is 2.38. The summed E-state index contributed by atoms with van der Waals surface area (Å²) in [5.41, 5.74) is 0.928. The molecule has 1 unspecified atom stereocenters. The zero-order valence-corrected chi connectivity index (χ0v) is 11.1. The highest BCUT2D eigenvalue weighted by molar-refractivity contribution is 5.87. The Hall–Kier alpha value is -1.62. The number of nitrogens with zero attached hydrogens (tertiary/aromatic N) is 3. The van der Waals surface area contributed by atoms with Gasteiger partial charge in [0.15, 0.2) is 0 Å². The van der Waals surface area contributed by atoms with E-state index in [2.05, 4.69) is 38.3 Å². The van der Waals surface area contributed by atoms with Crippen LogP contribution in [0.25, 0.3) is 11.0 Å². The number of H-pyrrole nitrogens is 1. The summed E-state index contributed by atoms with van der Waals surface area (Å²) in [5, 5.41) is 4.63. The molecule has 2 fully saturated rings. The second kappa shape index (κ2) is 4.20. The molecule has 3 atom stereocenters. The summed E-state index contributed by atoms with van der Waals surface area (Å²) in [6.45, 7) is 2.39. The van der Waals surface area contributed by atoms with Crippen LogP contribution in [0.5, 0.6) is 0 Å². The molecule has 1 saturated carbocycles. The van der Waals surface area contributed by atoms with Crippen LogP contribution in [0.4, 0.5) is 5.82 Å². The fourth-order valence-corrected chi connectivity index (χ4v) is 3.76. The Bertz CT molecular complexity index is 580. The Kier molecular flexibility index (Phi) is 2.48. The summed E-state index contributed by atoms with van der Waals surface area (Å²) < 4.78 is 0. The summed E-state index contributed by atoms with van der Waals surface area (Å²) in [6, 6.07) is 2.68. The first-order valence-corrected chi connectivity index (χ1v) is 7.04. The average molecular weight is 257 g/mol. The van der Waals surface area contributed by atoms with Crippen LogP contribution in [0.2, 0.25) is 0 Å². The van der Waals surface area contributed by atoms with Gasteiger partial charge in [-0.25, -0.2) is 9.97 Å². The second-order valence-electron chi connectivity index (χ2n) is 5.85. The van der Waals surface area contributed by atoms with E-state index in [-0.39, 0.29) is 0 Å². The van der Waals surface area contributed by atoms with E-state index in [1.807, 2.05) is 6.20 Å². The van der Waals surface area contributed by atoms with Crippen LogP contribution in [-0.2, 0) is 0 Å². The van der Waals surface area contributed by atoms with Crippen LogP contribution >= 0.6 is 0 Å². The van der Waals surface area contributed by atoms with Crippen LogP contribution in [0, 0.1) is 11.8 Å². The molecule has 2 N–H and O–H groups in total. The van der Waals surface area contributed by atoms with Gasteiger partial charge in [0.2, 0.25) is 0 Å². The fourth-order valence-electron chi connectivity index (χ4n) is 3.76. The van der Waals surface area contributed by atoms with E-state index >= 15 is 0 Å². The number of aromatic nitrogens is 3. The predicted octanol–water partition coefficient (Wildman–Crippen LogP) is 1.39. The number of aromatic amines is 1. The van der Waals surface area contributed by atoms with Crippen LogP contribution in [0.15, 0.2) is 18.6 Å². The van der Waals surface area contributed by atoms with E-state index in [1.165, 1.54) is 25.9 Å². The highest BCUT2D eigenvalue weighted by atomic mass is 15.2. The molecule has 2 aliphatic rings. The van der Waals surface area contributed by atoms with E-state index < -0.39 is 0 Å². The Morgan fingerprint density at radius 3 is 2.79 bits per heavy atom. The maximum atomic E-state index is 4.50. The summed E-state index contributed by atoms with van der Waals surface area (Å²) in [4.78, 5) is 14.3. The summed E-state index contributed by atoms with van der Waals surface area (Å²) in [6.07, 6.45) is 6.15. The Balaban J connectivity index is 1.63. The molecule has 0 bridgehead atoms. The van der Waals surface area contributed by atoms with Gasteiger partial charge in [0.1, 0.15) is 17.8 Å². The van der Waals surface area contributed by atoms with Crippen molar-refractivity contribution in [2.75, 3.05) is 25.0 Å². The second-order valence-corrected chi connectivity index (χ2v) is 5.85. The molecule has 1 aliphatic carbocycles. The Morgan fingerprint density at radius 2 is 2.00 bits per heavy atom. The van der Waals surface area contributed by atoms with Crippen molar-refractivity contribution in [1.82, 2.24) is 20.3 Å². The third kappa shape index (κ3) is 1.72. The van der Waals surface area contributed by atoms with Gasteiger partial charge < -0.3 is 15.2 Å². The van der Waals surface area contributed by atoms with Crippen molar-refractivity contribution < 1.29 is 0 Å². The van der Waals surface area contributed by atoms with Crippen molar-refractivity contribution in [3.05, 3.63) is 18.6 Å². The lowest BCUT2D eigenvalue weighted by molar-refractivity contribution is 0.494. The first kappa shape index (κ1) is 11.2. The quantitative estimate of drug-likeness (QED) is 0.853. The number of fused-ring (bicyclic) bond motifs is 2. The normalized spacial score (nSPS) is 29.8. The number of nitrogens with one attached hydrogen (secondary N) is 2. The van der Waals surface area contributed by atoms with E-state index in [0.29, 0.717) is 6.04 Å². The van der Waals surface area contributed by atoms with Crippen molar-refractivity contribution in [1.29, 1.82) is 0 Å². The third-order valence-electron chi connectivity index (χ3n) is 4.84. The Morgan fingerprint density at radius 1 is 1.21 bits per heavy atom. The first-order valence-electron chi connectivity index (χ1n) is 7.04. The zero-order chi connectivity index (χ0) is 12.8. The maximum absolute atomic E-state index is 4.50. The van der Waals surface area contributed by atoms with Crippen LogP contribution in [-0.4, -0.2) is 41.1 Å². The molecule has 0 aromatic carbocycles. The van der Waals surface area contributed by atoms with Gasteiger partial charge in [-0.2, -0.15) is 0 Å². The molecular weight excluding hydrogens is 238 g/mol. The molecule has 0 spiro atoms. The summed E-state index contributed by atoms with van der Waals surface area (Å²) >= 11 is 0. The minimum absolute atomic E-state index is 0.616. The zero-order valence-electron chi connectivity index (χ0n) is 11.1. The molecule has 0 radical (unpaired) electrons. The largest absolute Gasteiger partial charge is 0.356 e. The van der Waals surface area contributed by atoms with Crippen LogP contribution in [0.3, 0.4) is 0 Å². The minimum Gasteiger partial charge on any atom is -0.356 e. The number of hydrogen-bond donors (Lipinski definition) is 2. The van der Waals surface area contributed by atoms with Crippen LogP contribution < -0.4 is 10.2 Å². The van der Waals surface area contributed by atoms with Crippen molar-refractivity contribution in [2.45, 2.75) is 18.9 Å². The molecule has 1 aliphatic heterocycles. The van der Waals surface area contributed by atoms with Gasteiger partial charge in [0.05, 0.1) is 5.39 Å².